The molecule has 0 unspecified atom stereocenters. The van der Waals surface area contributed by atoms with Crippen molar-refractivity contribution in [1.29, 1.82) is 0 Å². The number of rotatable bonds is 1. The Bertz CT molecular complexity index is 115. The first kappa shape index (κ1) is 22.4. The minimum atomic E-state index is -4.61. The fourth-order valence-electron chi connectivity index (χ4n) is 0. The van der Waals surface area contributed by atoms with Crippen molar-refractivity contribution < 1.29 is 28.0 Å². The van der Waals surface area contributed by atoms with Crippen LogP contribution in [0.5, 0.6) is 0 Å². The fourth-order valence-corrected chi connectivity index (χ4v) is 0. The van der Waals surface area contributed by atoms with Crippen LogP contribution in [0.1, 0.15) is 0 Å². The zero-order valence-corrected chi connectivity index (χ0v) is 3.84. The Hall–Kier alpha value is 1.58. The Morgan fingerprint density at radius 1 is 1.33 bits per heavy atom. The maximum absolute atomic E-state index is 9.08. The zero-order chi connectivity index (χ0) is 5.21. The summed E-state index contributed by atoms with van der Waals surface area (Å²) in [5.41, 5.74) is 0. The maximum atomic E-state index is 9.08. The van der Waals surface area contributed by atoms with Gasteiger partial charge in [0.2, 0.25) is 0 Å². The molecule has 56 valence electrons. The van der Waals surface area contributed by atoms with Gasteiger partial charge in [0, 0.05) is 0 Å². The Labute approximate surface area is 92.5 Å². The summed E-state index contributed by atoms with van der Waals surface area (Å²) in [7, 11) is -4.61. The normalized spacial score (nSPS) is 7.78. The molecule has 0 atom stereocenters. The van der Waals surface area contributed by atoms with Crippen molar-refractivity contribution in [3.05, 3.63) is 0 Å². The first-order chi connectivity index (χ1) is 2.56. The SMILES string of the molecule is O.O=S(=O)(O)OO.[AlH3].[CaH2]. The van der Waals surface area contributed by atoms with E-state index in [-0.39, 0.29) is 60.6 Å². The summed E-state index contributed by atoms with van der Waals surface area (Å²) in [6, 6.07) is 0. The summed E-state index contributed by atoms with van der Waals surface area (Å²) >= 11 is 0. The molecule has 0 fully saturated rings. The van der Waals surface area contributed by atoms with E-state index in [9.17, 15) is 0 Å². The van der Waals surface area contributed by atoms with Crippen LogP contribution in [-0.4, -0.2) is 78.8 Å². The van der Waals surface area contributed by atoms with E-state index in [0.717, 1.165) is 0 Å². The third-order valence-electron chi connectivity index (χ3n) is 0.0942. The van der Waals surface area contributed by atoms with E-state index in [2.05, 4.69) is 4.33 Å². The van der Waals surface area contributed by atoms with Crippen LogP contribution in [0.3, 0.4) is 0 Å². The fraction of sp³-hybridized carbons (Fsp3) is 0. The van der Waals surface area contributed by atoms with E-state index in [0.29, 0.717) is 0 Å². The first-order valence-electron chi connectivity index (χ1n) is 0.865. The molecule has 0 aliphatic heterocycles. The van der Waals surface area contributed by atoms with Gasteiger partial charge in [-0.1, -0.05) is 4.33 Å². The predicted octanol–water partition coefficient (Wildman–Crippen LogP) is -3.65. The van der Waals surface area contributed by atoms with E-state index in [1.807, 2.05) is 0 Å². The molecule has 0 rings (SSSR count). The second-order valence-corrected chi connectivity index (χ2v) is 1.51. The quantitative estimate of drug-likeness (QED) is 0.198. The van der Waals surface area contributed by atoms with Crippen molar-refractivity contribution in [2.24, 2.45) is 0 Å². The summed E-state index contributed by atoms with van der Waals surface area (Å²) in [6.07, 6.45) is 0. The molecule has 0 aromatic rings. The van der Waals surface area contributed by atoms with Crippen LogP contribution in [0.15, 0.2) is 0 Å². The van der Waals surface area contributed by atoms with Crippen molar-refractivity contribution in [1.82, 2.24) is 0 Å². The average Bonchev–Trinajstić information content (AvgIpc) is 1.35. The van der Waals surface area contributed by atoms with E-state index in [1.54, 1.807) is 0 Å². The van der Waals surface area contributed by atoms with Crippen molar-refractivity contribution in [3.8, 4) is 0 Å². The van der Waals surface area contributed by atoms with Crippen molar-refractivity contribution in [3.63, 3.8) is 0 Å². The molecule has 0 spiro atoms. The molecule has 0 saturated heterocycles. The first-order valence-corrected chi connectivity index (χ1v) is 2.23. The van der Waals surface area contributed by atoms with Gasteiger partial charge in [-0.2, -0.15) is 8.42 Å². The van der Waals surface area contributed by atoms with Crippen LogP contribution in [0.2, 0.25) is 0 Å². The third-order valence-corrected chi connectivity index (χ3v) is 0.283. The van der Waals surface area contributed by atoms with Gasteiger partial charge in [-0.3, -0.25) is 4.55 Å². The van der Waals surface area contributed by atoms with Gasteiger partial charge < -0.3 is 5.48 Å². The summed E-state index contributed by atoms with van der Waals surface area (Å²) in [5.74, 6) is 0. The van der Waals surface area contributed by atoms with Crippen molar-refractivity contribution in [2.45, 2.75) is 0 Å². The second-order valence-electron chi connectivity index (χ2n) is 0.502. The van der Waals surface area contributed by atoms with Crippen LogP contribution in [0.4, 0.5) is 0 Å². The van der Waals surface area contributed by atoms with Gasteiger partial charge in [-0.25, -0.2) is 5.26 Å². The van der Waals surface area contributed by atoms with Crippen LogP contribution < -0.4 is 0 Å². The molecule has 0 aliphatic rings. The molecule has 0 aliphatic carbocycles. The van der Waals surface area contributed by atoms with Gasteiger partial charge in [0.1, 0.15) is 0 Å². The van der Waals surface area contributed by atoms with Gasteiger partial charge in [0.05, 0.1) is 0 Å². The second kappa shape index (κ2) is 9.58. The van der Waals surface area contributed by atoms with E-state index in [1.165, 1.54) is 0 Å². The van der Waals surface area contributed by atoms with E-state index >= 15 is 0 Å². The van der Waals surface area contributed by atoms with Gasteiger partial charge >= 0.3 is 48.1 Å². The molecule has 0 bridgehead atoms. The van der Waals surface area contributed by atoms with Crippen molar-refractivity contribution >= 4 is 65.5 Å². The predicted molar refractivity (Wildman–Crippen MR) is 37.4 cm³/mol. The Morgan fingerprint density at radius 2 is 1.44 bits per heavy atom. The average molecular weight is 204 g/mol. The Balaban J connectivity index is -0.0000000417. The summed E-state index contributed by atoms with van der Waals surface area (Å²) in [6.45, 7) is 0. The molecule has 0 radical (unpaired) electrons. The topological polar surface area (TPSA) is 115 Å². The number of hydrogen-bond donors (Lipinski definition) is 2. The summed E-state index contributed by atoms with van der Waals surface area (Å²) in [4.78, 5) is 0. The van der Waals surface area contributed by atoms with Crippen LogP contribution in [-0.2, 0) is 14.7 Å². The molecule has 4 N–H and O–H groups in total. The molecular weight excluding hydrogens is 195 g/mol. The minimum absolute atomic E-state index is 0. The molecular formula is H9AlCaO6S. The standard InChI is InChI=1S/Al.Ca.H2O5S.H2O.5H/c;;1-5-6(2,3)4;;;;;;/h;;1H,(H,2,3,4);1H2;;;;;. The van der Waals surface area contributed by atoms with Crippen LogP contribution in [0.25, 0.3) is 0 Å². The van der Waals surface area contributed by atoms with Crippen molar-refractivity contribution in [2.75, 3.05) is 0 Å². The molecule has 0 amide bonds. The van der Waals surface area contributed by atoms with Crippen LogP contribution >= 0.6 is 0 Å². The molecule has 0 heterocycles. The van der Waals surface area contributed by atoms with Gasteiger partial charge in [0.25, 0.3) is 0 Å². The molecule has 9 heteroatoms. The monoisotopic (exact) mass is 204 g/mol. The summed E-state index contributed by atoms with van der Waals surface area (Å²) in [5, 5.41) is 7.06. The van der Waals surface area contributed by atoms with Gasteiger partial charge in [-0.15, -0.1) is 0 Å². The Kier molecular flexibility index (Phi) is 23.9. The molecule has 0 aromatic carbocycles. The molecule has 0 aromatic heterocycles. The third kappa shape index (κ3) is 26.2. The summed E-state index contributed by atoms with van der Waals surface area (Å²) < 4.78 is 28.0. The molecule has 9 heavy (non-hydrogen) atoms. The zero-order valence-electron chi connectivity index (χ0n) is 3.03. The van der Waals surface area contributed by atoms with E-state index in [4.69, 9.17) is 18.2 Å². The van der Waals surface area contributed by atoms with Crippen LogP contribution in [0, 0.1) is 0 Å². The van der Waals surface area contributed by atoms with E-state index < -0.39 is 10.4 Å². The number of hydrogen-bond acceptors (Lipinski definition) is 4. The van der Waals surface area contributed by atoms with Gasteiger partial charge in [0.15, 0.2) is 17.4 Å². The molecule has 0 saturated carbocycles. The molecule has 6 nitrogen and oxygen atoms in total. The van der Waals surface area contributed by atoms with Gasteiger partial charge in [-0.05, 0) is 0 Å². The Morgan fingerprint density at radius 3 is 1.44 bits per heavy atom.